The van der Waals surface area contributed by atoms with E-state index in [1.165, 1.54) is 0 Å². The van der Waals surface area contributed by atoms with Crippen LogP contribution in [0.4, 0.5) is 5.69 Å². The molecule has 2 aromatic rings. The molecule has 2 rings (SSSR count). The first-order valence-electron chi connectivity index (χ1n) is 6.12. The number of carbonyl (C=O) groups excluding carboxylic acids is 1. The van der Waals surface area contributed by atoms with Gasteiger partial charge in [0.05, 0.1) is 11.6 Å². The van der Waals surface area contributed by atoms with Crippen molar-refractivity contribution >= 4 is 34.9 Å². The van der Waals surface area contributed by atoms with Crippen LogP contribution in [0.5, 0.6) is 0 Å². The normalized spacial score (nSPS) is 11.7. The van der Waals surface area contributed by atoms with Crippen molar-refractivity contribution in [3.05, 3.63) is 36.5 Å². The summed E-state index contributed by atoms with van der Waals surface area (Å²) in [7, 11) is 0. The lowest BCUT2D eigenvalue weighted by Gasteiger charge is -2.11. The van der Waals surface area contributed by atoms with E-state index in [0.29, 0.717) is 6.42 Å². The van der Waals surface area contributed by atoms with Crippen LogP contribution in [-0.2, 0) is 4.79 Å². The standard InChI is InChI=1S/C14H17N3O.ClH/c1-2-4-12(15)14(18)17-11-6-7-13-10(9-11)5-3-8-16-13;/h3,5-9,12H,2,4,15H2,1H3,(H,17,18);1H. The fraction of sp³-hybridized carbons (Fsp3) is 0.286. The highest BCUT2D eigenvalue weighted by atomic mass is 35.5. The van der Waals surface area contributed by atoms with Crippen molar-refractivity contribution < 1.29 is 4.79 Å². The molecule has 0 radical (unpaired) electrons. The summed E-state index contributed by atoms with van der Waals surface area (Å²) in [6.07, 6.45) is 3.34. The van der Waals surface area contributed by atoms with Gasteiger partial charge in [-0.25, -0.2) is 0 Å². The first-order chi connectivity index (χ1) is 8.70. The molecule has 0 bridgehead atoms. The average Bonchev–Trinajstić information content (AvgIpc) is 2.39. The average molecular weight is 280 g/mol. The Bertz CT molecular complexity index is 559. The Morgan fingerprint density at radius 2 is 2.21 bits per heavy atom. The molecule has 0 saturated carbocycles. The molecule has 0 aliphatic carbocycles. The Kier molecular flexibility index (Phi) is 5.73. The quantitative estimate of drug-likeness (QED) is 0.904. The lowest BCUT2D eigenvalue weighted by Crippen LogP contribution is -2.35. The number of carbonyl (C=O) groups is 1. The number of nitrogens with two attached hydrogens (primary N) is 1. The molecule has 0 aliphatic heterocycles. The van der Waals surface area contributed by atoms with Crippen molar-refractivity contribution in [3.8, 4) is 0 Å². The summed E-state index contributed by atoms with van der Waals surface area (Å²) in [4.78, 5) is 16.0. The van der Waals surface area contributed by atoms with Crippen LogP contribution in [0.3, 0.4) is 0 Å². The number of nitrogens with zero attached hydrogens (tertiary/aromatic N) is 1. The van der Waals surface area contributed by atoms with Crippen molar-refractivity contribution in [2.24, 2.45) is 5.73 Å². The summed E-state index contributed by atoms with van der Waals surface area (Å²) < 4.78 is 0. The zero-order valence-electron chi connectivity index (χ0n) is 10.8. The predicted molar refractivity (Wildman–Crippen MR) is 80.5 cm³/mol. The second kappa shape index (κ2) is 7.07. The summed E-state index contributed by atoms with van der Waals surface area (Å²) >= 11 is 0. The van der Waals surface area contributed by atoms with E-state index in [4.69, 9.17) is 5.73 Å². The highest BCUT2D eigenvalue weighted by molar-refractivity contribution is 5.96. The lowest BCUT2D eigenvalue weighted by molar-refractivity contribution is -0.117. The number of hydrogen-bond acceptors (Lipinski definition) is 3. The molecule has 1 unspecified atom stereocenters. The van der Waals surface area contributed by atoms with Gasteiger partial charge in [0.25, 0.3) is 0 Å². The van der Waals surface area contributed by atoms with Crippen molar-refractivity contribution in [2.75, 3.05) is 5.32 Å². The number of rotatable bonds is 4. The molecule has 1 aromatic carbocycles. The largest absolute Gasteiger partial charge is 0.325 e. The van der Waals surface area contributed by atoms with Crippen molar-refractivity contribution in [1.29, 1.82) is 0 Å². The first-order valence-corrected chi connectivity index (χ1v) is 6.12. The van der Waals surface area contributed by atoms with Gasteiger partial charge in [0.1, 0.15) is 0 Å². The van der Waals surface area contributed by atoms with Gasteiger partial charge in [-0.15, -0.1) is 12.4 Å². The molecule has 4 nitrogen and oxygen atoms in total. The molecule has 0 fully saturated rings. The Hall–Kier alpha value is -1.65. The zero-order chi connectivity index (χ0) is 13.0. The number of aromatic nitrogens is 1. The summed E-state index contributed by atoms with van der Waals surface area (Å²) in [5, 5.41) is 3.83. The summed E-state index contributed by atoms with van der Waals surface area (Å²) in [6.45, 7) is 2.01. The van der Waals surface area contributed by atoms with Crippen molar-refractivity contribution in [1.82, 2.24) is 4.98 Å². The molecule has 1 amide bonds. The molecule has 0 saturated heterocycles. The molecule has 102 valence electrons. The zero-order valence-corrected chi connectivity index (χ0v) is 11.6. The van der Waals surface area contributed by atoms with Crippen LogP contribution in [0.25, 0.3) is 10.9 Å². The van der Waals surface area contributed by atoms with E-state index in [-0.39, 0.29) is 18.3 Å². The number of hydrogen-bond donors (Lipinski definition) is 2. The topological polar surface area (TPSA) is 68.0 Å². The van der Waals surface area contributed by atoms with Gasteiger partial charge in [-0.2, -0.15) is 0 Å². The smallest absolute Gasteiger partial charge is 0.241 e. The monoisotopic (exact) mass is 279 g/mol. The number of halogens is 1. The maximum Gasteiger partial charge on any atom is 0.241 e. The Balaban J connectivity index is 0.00000180. The summed E-state index contributed by atoms with van der Waals surface area (Å²) in [5.74, 6) is -0.139. The minimum Gasteiger partial charge on any atom is -0.325 e. The maximum absolute atomic E-state index is 11.8. The third-order valence-corrected chi connectivity index (χ3v) is 2.81. The molecule has 0 spiro atoms. The second-order valence-electron chi connectivity index (χ2n) is 4.30. The molecule has 1 aromatic heterocycles. The highest BCUT2D eigenvalue weighted by Gasteiger charge is 2.12. The Morgan fingerprint density at radius 1 is 1.42 bits per heavy atom. The number of pyridine rings is 1. The second-order valence-corrected chi connectivity index (χ2v) is 4.30. The highest BCUT2D eigenvalue weighted by Crippen LogP contribution is 2.17. The Labute approximate surface area is 118 Å². The number of anilines is 1. The third-order valence-electron chi connectivity index (χ3n) is 2.81. The molecule has 0 aliphatic rings. The fourth-order valence-electron chi connectivity index (χ4n) is 1.83. The van der Waals surface area contributed by atoms with E-state index >= 15 is 0 Å². The van der Waals surface area contributed by atoms with E-state index in [2.05, 4.69) is 10.3 Å². The third kappa shape index (κ3) is 3.91. The SMILES string of the molecule is CCCC(N)C(=O)Nc1ccc2ncccc2c1.Cl. The minimum atomic E-state index is -0.445. The molecule has 5 heteroatoms. The molecule has 19 heavy (non-hydrogen) atoms. The Morgan fingerprint density at radius 3 is 2.95 bits per heavy atom. The summed E-state index contributed by atoms with van der Waals surface area (Å²) in [6, 6.07) is 9.02. The van der Waals surface area contributed by atoms with Gasteiger partial charge in [-0.3, -0.25) is 9.78 Å². The van der Waals surface area contributed by atoms with Gasteiger partial charge < -0.3 is 11.1 Å². The van der Waals surface area contributed by atoms with Crippen LogP contribution in [0.15, 0.2) is 36.5 Å². The van der Waals surface area contributed by atoms with Gasteiger partial charge in [0, 0.05) is 17.3 Å². The summed E-state index contributed by atoms with van der Waals surface area (Å²) in [5.41, 5.74) is 7.43. The number of fused-ring (bicyclic) bond motifs is 1. The van der Waals surface area contributed by atoms with Gasteiger partial charge in [-0.1, -0.05) is 19.4 Å². The van der Waals surface area contributed by atoms with E-state index in [1.54, 1.807) is 6.20 Å². The van der Waals surface area contributed by atoms with Gasteiger partial charge >= 0.3 is 0 Å². The lowest BCUT2D eigenvalue weighted by atomic mass is 10.1. The van der Waals surface area contributed by atoms with E-state index in [1.807, 2.05) is 37.3 Å². The molecule has 3 N–H and O–H groups in total. The number of amides is 1. The van der Waals surface area contributed by atoms with Crippen molar-refractivity contribution in [2.45, 2.75) is 25.8 Å². The van der Waals surface area contributed by atoms with E-state index in [0.717, 1.165) is 23.0 Å². The molecule has 1 heterocycles. The number of nitrogens with one attached hydrogen (secondary N) is 1. The molecular formula is C14H18ClN3O. The van der Waals surface area contributed by atoms with Crippen LogP contribution in [0.2, 0.25) is 0 Å². The van der Waals surface area contributed by atoms with Crippen LogP contribution < -0.4 is 11.1 Å². The number of benzene rings is 1. The maximum atomic E-state index is 11.8. The molecule has 1 atom stereocenters. The fourth-order valence-corrected chi connectivity index (χ4v) is 1.83. The van der Waals surface area contributed by atoms with Crippen LogP contribution >= 0.6 is 12.4 Å². The van der Waals surface area contributed by atoms with Crippen LogP contribution in [0.1, 0.15) is 19.8 Å². The molecular weight excluding hydrogens is 262 g/mol. The first kappa shape index (κ1) is 15.4. The predicted octanol–water partition coefficient (Wildman–Crippen LogP) is 2.72. The van der Waals surface area contributed by atoms with E-state index in [9.17, 15) is 4.79 Å². The van der Waals surface area contributed by atoms with Gasteiger partial charge in [0.2, 0.25) is 5.91 Å². The van der Waals surface area contributed by atoms with Crippen molar-refractivity contribution in [3.63, 3.8) is 0 Å². The van der Waals surface area contributed by atoms with Crippen LogP contribution in [-0.4, -0.2) is 16.9 Å². The minimum absolute atomic E-state index is 0. The van der Waals surface area contributed by atoms with Gasteiger partial charge in [0.15, 0.2) is 0 Å². The van der Waals surface area contributed by atoms with Crippen LogP contribution in [0, 0.1) is 0 Å². The van der Waals surface area contributed by atoms with Gasteiger partial charge in [-0.05, 0) is 30.7 Å². The van der Waals surface area contributed by atoms with E-state index < -0.39 is 6.04 Å².